The molecule has 0 amide bonds. The molecule has 1 aliphatic rings. The molecule has 0 aliphatic carbocycles. The van der Waals surface area contributed by atoms with Crippen LogP contribution in [0.2, 0.25) is 0 Å². The first-order chi connectivity index (χ1) is 7.48. The fraction of sp³-hybridized carbons (Fsp3) is 0.455. The monoisotopic (exact) mass is 231 g/mol. The Kier molecular flexibility index (Phi) is 2.80. The van der Waals surface area contributed by atoms with Crippen LogP contribution in [0.25, 0.3) is 0 Å². The summed E-state index contributed by atoms with van der Waals surface area (Å²) in [4.78, 5) is 1.58. The molecule has 2 nitrogen and oxygen atoms in total. The number of aliphatic hydroxyl groups is 1. The van der Waals surface area contributed by atoms with Gasteiger partial charge in [0.15, 0.2) is 0 Å². The Balaban J connectivity index is 2.34. The minimum Gasteiger partial charge on any atom is -0.391 e. The van der Waals surface area contributed by atoms with Crippen molar-refractivity contribution in [3.8, 4) is 0 Å². The lowest BCUT2D eigenvalue weighted by molar-refractivity contribution is -0.137. The zero-order valence-corrected chi connectivity index (χ0v) is 8.54. The number of hydrogen-bond donors (Lipinski definition) is 1. The van der Waals surface area contributed by atoms with Crippen molar-refractivity contribution in [2.45, 2.75) is 18.7 Å². The second-order valence-electron chi connectivity index (χ2n) is 3.90. The molecule has 88 valence electrons. The van der Waals surface area contributed by atoms with Crippen LogP contribution in [0.5, 0.6) is 0 Å². The summed E-state index contributed by atoms with van der Waals surface area (Å²) in [5.74, 6) is 0. The van der Waals surface area contributed by atoms with Gasteiger partial charge in [-0.2, -0.15) is 13.2 Å². The van der Waals surface area contributed by atoms with Crippen LogP contribution in [-0.4, -0.2) is 24.3 Å². The van der Waals surface area contributed by atoms with E-state index in [0.29, 0.717) is 13.0 Å². The molecule has 1 aliphatic heterocycles. The number of halogens is 3. The molecule has 1 saturated heterocycles. The van der Waals surface area contributed by atoms with E-state index in [1.807, 2.05) is 0 Å². The number of nitrogens with zero attached hydrogens (tertiary/aromatic N) is 1. The molecule has 1 aromatic rings. The number of β-amino-alcohol motifs (C(OH)–C–C–N with tert-alkyl or cyclic N) is 1. The Morgan fingerprint density at radius 3 is 2.50 bits per heavy atom. The molecule has 1 aromatic carbocycles. The largest absolute Gasteiger partial charge is 0.418 e. The maximum atomic E-state index is 12.7. The predicted molar refractivity (Wildman–Crippen MR) is 54.3 cm³/mol. The first-order valence-electron chi connectivity index (χ1n) is 5.08. The van der Waals surface area contributed by atoms with Crippen LogP contribution in [0.1, 0.15) is 12.0 Å². The summed E-state index contributed by atoms with van der Waals surface area (Å²) in [5.41, 5.74) is -0.476. The topological polar surface area (TPSA) is 23.5 Å². The average molecular weight is 231 g/mol. The molecule has 5 heteroatoms. The summed E-state index contributed by atoms with van der Waals surface area (Å²) >= 11 is 0. The van der Waals surface area contributed by atoms with Gasteiger partial charge < -0.3 is 10.0 Å². The van der Waals surface area contributed by atoms with Gasteiger partial charge in [0.05, 0.1) is 11.7 Å². The predicted octanol–water partition coefficient (Wildman–Crippen LogP) is 2.28. The minimum atomic E-state index is -4.34. The van der Waals surface area contributed by atoms with Crippen molar-refractivity contribution in [3.63, 3.8) is 0 Å². The van der Waals surface area contributed by atoms with Crippen LogP contribution < -0.4 is 4.90 Å². The summed E-state index contributed by atoms with van der Waals surface area (Å²) in [6.07, 6.45) is -4.35. The third kappa shape index (κ3) is 2.14. The smallest absolute Gasteiger partial charge is 0.391 e. The molecule has 0 unspecified atom stereocenters. The van der Waals surface area contributed by atoms with Crippen molar-refractivity contribution in [2.75, 3.05) is 18.0 Å². The Morgan fingerprint density at radius 2 is 1.94 bits per heavy atom. The zero-order valence-electron chi connectivity index (χ0n) is 8.54. The summed E-state index contributed by atoms with van der Waals surface area (Å²) in [7, 11) is 0. The molecular formula is C11H12F3NO. The highest BCUT2D eigenvalue weighted by molar-refractivity contribution is 5.55. The average Bonchev–Trinajstić information content (AvgIpc) is 2.64. The van der Waals surface area contributed by atoms with E-state index in [1.165, 1.54) is 12.1 Å². The minimum absolute atomic E-state index is 0.159. The summed E-state index contributed by atoms with van der Waals surface area (Å²) < 4.78 is 38.1. The van der Waals surface area contributed by atoms with Gasteiger partial charge in [0, 0.05) is 18.8 Å². The number of alkyl halides is 3. The fourth-order valence-electron chi connectivity index (χ4n) is 1.95. The normalized spacial score (nSPS) is 21.5. The quantitative estimate of drug-likeness (QED) is 0.801. The first-order valence-corrected chi connectivity index (χ1v) is 5.08. The molecule has 1 N–H and O–H groups in total. The Labute approximate surface area is 91.3 Å². The van der Waals surface area contributed by atoms with E-state index in [9.17, 15) is 18.3 Å². The Bertz CT molecular complexity index is 378. The van der Waals surface area contributed by atoms with Crippen molar-refractivity contribution in [1.29, 1.82) is 0 Å². The lowest BCUT2D eigenvalue weighted by Crippen LogP contribution is -2.24. The third-order valence-electron chi connectivity index (χ3n) is 2.71. The molecule has 0 radical (unpaired) electrons. The van der Waals surface area contributed by atoms with Crippen LogP contribution in [0.4, 0.5) is 18.9 Å². The number of para-hydroxylation sites is 1. The second-order valence-corrected chi connectivity index (χ2v) is 3.90. The molecule has 1 atom stereocenters. The molecule has 0 aromatic heterocycles. The van der Waals surface area contributed by atoms with Crippen molar-refractivity contribution in [2.24, 2.45) is 0 Å². The zero-order chi connectivity index (χ0) is 11.8. The molecule has 16 heavy (non-hydrogen) atoms. The van der Waals surface area contributed by atoms with Crippen LogP contribution >= 0.6 is 0 Å². The van der Waals surface area contributed by atoms with Crippen LogP contribution in [-0.2, 0) is 6.18 Å². The molecule has 2 rings (SSSR count). The van der Waals surface area contributed by atoms with Crippen molar-refractivity contribution in [3.05, 3.63) is 29.8 Å². The van der Waals surface area contributed by atoms with Crippen molar-refractivity contribution < 1.29 is 18.3 Å². The molecular weight excluding hydrogens is 219 g/mol. The van der Waals surface area contributed by atoms with Gasteiger partial charge in [-0.3, -0.25) is 0 Å². The summed E-state index contributed by atoms with van der Waals surface area (Å²) in [5, 5.41) is 9.33. The summed E-state index contributed by atoms with van der Waals surface area (Å²) in [6.45, 7) is 0.737. The van der Waals surface area contributed by atoms with E-state index in [0.717, 1.165) is 6.07 Å². The SMILES string of the molecule is O[C@@H]1CCN(c2ccccc2C(F)(F)F)C1. The number of aliphatic hydroxyl groups excluding tert-OH is 1. The van der Waals surface area contributed by atoms with Gasteiger partial charge in [0.25, 0.3) is 0 Å². The van der Waals surface area contributed by atoms with E-state index >= 15 is 0 Å². The van der Waals surface area contributed by atoms with E-state index in [1.54, 1.807) is 11.0 Å². The van der Waals surface area contributed by atoms with E-state index < -0.39 is 17.8 Å². The maximum absolute atomic E-state index is 12.7. The van der Waals surface area contributed by atoms with Gasteiger partial charge in [-0.05, 0) is 18.6 Å². The van der Waals surface area contributed by atoms with Crippen molar-refractivity contribution >= 4 is 5.69 Å². The van der Waals surface area contributed by atoms with Gasteiger partial charge >= 0.3 is 6.18 Å². The Hall–Kier alpha value is -1.23. The first kappa shape index (κ1) is 11.3. The molecule has 0 spiro atoms. The summed E-state index contributed by atoms with van der Waals surface area (Å²) in [6, 6.07) is 5.47. The number of benzene rings is 1. The van der Waals surface area contributed by atoms with Gasteiger partial charge in [-0.15, -0.1) is 0 Å². The highest BCUT2D eigenvalue weighted by Gasteiger charge is 2.35. The third-order valence-corrected chi connectivity index (χ3v) is 2.71. The lowest BCUT2D eigenvalue weighted by atomic mass is 10.1. The second kappa shape index (κ2) is 3.97. The van der Waals surface area contributed by atoms with E-state index in [4.69, 9.17) is 0 Å². The number of hydrogen-bond acceptors (Lipinski definition) is 2. The van der Waals surface area contributed by atoms with Crippen LogP contribution in [0, 0.1) is 0 Å². The van der Waals surface area contributed by atoms with Crippen LogP contribution in [0.3, 0.4) is 0 Å². The molecule has 0 bridgehead atoms. The molecule has 1 heterocycles. The van der Waals surface area contributed by atoms with Crippen LogP contribution in [0.15, 0.2) is 24.3 Å². The van der Waals surface area contributed by atoms with E-state index in [2.05, 4.69) is 0 Å². The number of anilines is 1. The maximum Gasteiger partial charge on any atom is 0.418 e. The molecule has 1 fully saturated rings. The van der Waals surface area contributed by atoms with E-state index in [-0.39, 0.29) is 12.2 Å². The Morgan fingerprint density at radius 1 is 1.25 bits per heavy atom. The van der Waals surface area contributed by atoms with Gasteiger partial charge in [-0.25, -0.2) is 0 Å². The van der Waals surface area contributed by atoms with Gasteiger partial charge in [0.2, 0.25) is 0 Å². The van der Waals surface area contributed by atoms with Gasteiger partial charge in [-0.1, -0.05) is 12.1 Å². The van der Waals surface area contributed by atoms with Crippen molar-refractivity contribution in [1.82, 2.24) is 0 Å². The molecule has 0 saturated carbocycles. The lowest BCUT2D eigenvalue weighted by Gasteiger charge is -2.22. The standard InChI is InChI=1S/C11H12F3NO/c12-11(13,14)9-3-1-2-4-10(9)15-6-5-8(16)7-15/h1-4,8,16H,5-7H2/t8-/m1/s1. The number of rotatable bonds is 1. The highest BCUT2D eigenvalue weighted by atomic mass is 19.4. The highest BCUT2D eigenvalue weighted by Crippen LogP contribution is 2.37. The fourth-order valence-corrected chi connectivity index (χ4v) is 1.95. The van der Waals surface area contributed by atoms with Gasteiger partial charge in [0.1, 0.15) is 0 Å².